The van der Waals surface area contributed by atoms with Gasteiger partial charge in [0.1, 0.15) is 6.33 Å². The largest absolute Gasteiger partial charge is 0.304 e. The summed E-state index contributed by atoms with van der Waals surface area (Å²) in [6.07, 6.45) is 8.87. The molecule has 4 aromatic rings. The second kappa shape index (κ2) is 4.23. The number of hydrogen-bond acceptors (Lipinski definition) is 5. The molecule has 1 aromatic carbocycles. The van der Waals surface area contributed by atoms with Crippen molar-refractivity contribution in [2.45, 2.75) is 0 Å². The summed E-state index contributed by atoms with van der Waals surface area (Å²) >= 11 is 0. The molecule has 96 valence electrons. The van der Waals surface area contributed by atoms with E-state index in [9.17, 15) is 0 Å². The van der Waals surface area contributed by atoms with Crippen molar-refractivity contribution >= 4 is 5.65 Å². The highest BCUT2D eigenvalue weighted by Gasteiger charge is 2.06. The van der Waals surface area contributed by atoms with Gasteiger partial charge >= 0.3 is 0 Å². The third-order valence-corrected chi connectivity index (χ3v) is 3.02. The standard InChI is InChI=1S/C13H9N7/c1-2-10(6-11(3-1)20-9-15-17-18-20)12-8-19-5-4-14-7-13(19)16-12/h1-9H. The number of nitrogens with zero attached hydrogens (tertiary/aromatic N) is 7. The smallest absolute Gasteiger partial charge is 0.155 e. The minimum absolute atomic E-state index is 0.815. The van der Waals surface area contributed by atoms with Crippen LogP contribution in [0.15, 0.2) is 55.4 Å². The van der Waals surface area contributed by atoms with Crippen LogP contribution >= 0.6 is 0 Å². The Morgan fingerprint density at radius 3 is 3.00 bits per heavy atom. The van der Waals surface area contributed by atoms with Crippen molar-refractivity contribution in [1.82, 2.24) is 34.6 Å². The fourth-order valence-electron chi connectivity index (χ4n) is 2.07. The van der Waals surface area contributed by atoms with Crippen LogP contribution in [-0.2, 0) is 0 Å². The van der Waals surface area contributed by atoms with Crippen molar-refractivity contribution in [3.8, 4) is 16.9 Å². The monoisotopic (exact) mass is 263 g/mol. The van der Waals surface area contributed by atoms with Gasteiger partial charge in [0.15, 0.2) is 5.65 Å². The van der Waals surface area contributed by atoms with E-state index in [-0.39, 0.29) is 0 Å². The zero-order valence-electron chi connectivity index (χ0n) is 10.3. The molecule has 0 aliphatic heterocycles. The van der Waals surface area contributed by atoms with E-state index in [0.717, 1.165) is 22.6 Å². The van der Waals surface area contributed by atoms with E-state index in [1.165, 1.54) is 0 Å². The highest BCUT2D eigenvalue weighted by molar-refractivity contribution is 5.64. The lowest BCUT2D eigenvalue weighted by atomic mass is 10.1. The molecule has 0 atom stereocenters. The molecule has 3 heterocycles. The van der Waals surface area contributed by atoms with E-state index in [0.29, 0.717) is 0 Å². The topological polar surface area (TPSA) is 73.8 Å². The van der Waals surface area contributed by atoms with Crippen LogP contribution in [0.1, 0.15) is 0 Å². The van der Waals surface area contributed by atoms with Crippen LogP contribution in [0.4, 0.5) is 0 Å². The number of imidazole rings is 1. The van der Waals surface area contributed by atoms with Crippen LogP contribution in [0.3, 0.4) is 0 Å². The van der Waals surface area contributed by atoms with E-state index in [1.54, 1.807) is 23.4 Å². The van der Waals surface area contributed by atoms with Gasteiger partial charge in [0.25, 0.3) is 0 Å². The van der Waals surface area contributed by atoms with Crippen LogP contribution in [0.25, 0.3) is 22.6 Å². The van der Waals surface area contributed by atoms with Gasteiger partial charge in [0.2, 0.25) is 0 Å². The van der Waals surface area contributed by atoms with Gasteiger partial charge in [-0.05, 0) is 22.6 Å². The fourth-order valence-corrected chi connectivity index (χ4v) is 2.07. The van der Waals surface area contributed by atoms with Crippen molar-refractivity contribution in [3.63, 3.8) is 0 Å². The first-order valence-electron chi connectivity index (χ1n) is 6.03. The Labute approximate surface area is 113 Å². The maximum atomic E-state index is 4.54. The average molecular weight is 263 g/mol. The maximum Gasteiger partial charge on any atom is 0.155 e. The molecule has 7 heteroatoms. The minimum atomic E-state index is 0.815. The number of benzene rings is 1. The Morgan fingerprint density at radius 2 is 2.15 bits per heavy atom. The molecule has 0 aliphatic carbocycles. The molecule has 0 fully saturated rings. The Balaban J connectivity index is 1.84. The van der Waals surface area contributed by atoms with E-state index in [1.807, 2.05) is 41.1 Å². The summed E-state index contributed by atoms with van der Waals surface area (Å²) in [4.78, 5) is 8.61. The first-order valence-corrected chi connectivity index (χ1v) is 6.03. The second-order valence-electron chi connectivity index (χ2n) is 4.27. The van der Waals surface area contributed by atoms with Gasteiger partial charge in [-0.2, -0.15) is 0 Å². The zero-order valence-corrected chi connectivity index (χ0v) is 10.3. The summed E-state index contributed by atoms with van der Waals surface area (Å²) in [7, 11) is 0. The Bertz CT molecular complexity index is 830. The van der Waals surface area contributed by atoms with Gasteiger partial charge < -0.3 is 4.40 Å². The molecule has 0 saturated carbocycles. The lowest BCUT2D eigenvalue weighted by Gasteiger charge is -2.01. The van der Waals surface area contributed by atoms with Crippen LogP contribution in [0.2, 0.25) is 0 Å². The van der Waals surface area contributed by atoms with Crippen LogP contribution in [-0.4, -0.2) is 34.6 Å². The summed E-state index contributed by atoms with van der Waals surface area (Å²) in [6, 6.07) is 7.89. The molecule has 3 aromatic heterocycles. The summed E-state index contributed by atoms with van der Waals surface area (Å²) in [5.41, 5.74) is 3.59. The predicted molar refractivity (Wildman–Crippen MR) is 71.1 cm³/mol. The van der Waals surface area contributed by atoms with Crippen LogP contribution < -0.4 is 0 Å². The van der Waals surface area contributed by atoms with Crippen LogP contribution in [0, 0.1) is 0 Å². The van der Waals surface area contributed by atoms with Crippen molar-refractivity contribution in [2.24, 2.45) is 0 Å². The third-order valence-electron chi connectivity index (χ3n) is 3.02. The first kappa shape index (κ1) is 10.8. The third kappa shape index (κ3) is 1.72. The molecule has 0 bridgehead atoms. The van der Waals surface area contributed by atoms with Crippen LogP contribution in [0.5, 0.6) is 0 Å². The van der Waals surface area contributed by atoms with Crippen molar-refractivity contribution in [3.05, 3.63) is 55.4 Å². The molecule has 0 radical (unpaired) electrons. The van der Waals surface area contributed by atoms with Gasteiger partial charge in [-0.3, -0.25) is 4.98 Å². The molecule has 20 heavy (non-hydrogen) atoms. The van der Waals surface area contributed by atoms with Crippen molar-refractivity contribution < 1.29 is 0 Å². The van der Waals surface area contributed by atoms with Gasteiger partial charge in [0, 0.05) is 24.2 Å². The minimum Gasteiger partial charge on any atom is -0.304 e. The SMILES string of the molecule is c1cc(-c2cn3ccncc3n2)cc(-n2cnnn2)c1. The first-order chi connectivity index (χ1) is 9.90. The molecule has 4 rings (SSSR count). The van der Waals surface area contributed by atoms with Gasteiger partial charge in [-0.15, -0.1) is 5.10 Å². The summed E-state index contributed by atoms with van der Waals surface area (Å²) < 4.78 is 3.55. The summed E-state index contributed by atoms with van der Waals surface area (Å²) in [5, 5.41) is 11.2. The second-order valence-corrected chi connectivity index (χ2v) is 4.27. The Kier molecular flexibility index (Phi) is 2.28. The van der Waals surface area contributed by atoms with Crippen molar-refractivity contribution in [1.29, 1.82) is 0 Å². The number of aromatic nitrogens is 7. The van der Waals surface area contributed by atoms with Gasteiger partial charge in [0.05, 0.1) is 17.6 Å². The summed E-state index contributed by atoms with van der Waals surface area (Å²) in [6.45, 7) is 0. The molecule has 0 amide bonds. The number of tetrazole rings is 1. The summed E-state index contributed by atoms with van der Waals surface area (Å²) in [5.74, 6) is 0. The Morgan fingerprint density at radius 1 is 1.15 bits per heavy atom. The number of rotatable bonds is 2. The van der Waals surface area contributed by atoms with E-state index in [4.69, 9.17) is 0 Å². The number of hydrogen-bond donors (Lipinski definition) is 0. The van der Waals surface area contributed by atoms with Gasteiger partial charge in [-0.1, -0.05) is 12.1 Å². The maximum absolute atomic E-state index is 4.54. The fraction of sp³-hybridized carbons (Fsp3) is 0. The molecular weight excluding hydrogens is 254 g/mol. The lowest BCUT2D eigenvalue weighted by Crippen LogP contribution is -1.95. The molecule has 0 N–H and O–H groups in total. The van der Waals surface area contributed by atoms with Crippen molar-refractivity contribution in [2.75, 3.05) is 0 Å². The Hall–Kier alpha value is -3.09. The quantitative estimate of drug-likeness (QED) is 0.546. The normalized spacial score (nSPS) is 11.0. The van der Waals surface area contributed by atoms with E-state index < -0.39 is 0 Å². The van der Waals surface area contributed by atoms with E-state index in [2.05, 4.69) is 25.5 Å². The predicted octanol–water partition coefficient (Wildman–Crippen LogP) is 1.37. The molecular formula is C13H9N7. The van der Waals surface area contributed by atoms with Gasteiger partial charge in [-0.25, -0.2) is 9.67 Å². The number of fused-ring (bicyclic) bond motifs is 1. The lowest BCUT2D eigenvalue weighted by molar-refractivity contribution is 0.789. The molecule has 0 spiro atoms. The highest BCUT2D eigenvalue weighted by Crippen LogP contribution is 2.21. The molecule has 0 saturated heterocycles. The zero-order chi connectivity index (χ0) is 13.4. The molecule has 7 nitrogen and oxygen atoms in total. The van der Waals surface area contributed by atoms with E-state index >= 15 is 0 Å². The molecule has 0 unspecified atom stereocenters. The highest BCUT2D eigenvalue weighted by atomic mass is 15.5. The molecule has 0 aliphatic rings. The average Bonchev–Trinajstić information content (AvgIpc) is 3.16.